The molecule has 0 heterocycles. The number of allylic oxidation sites excluding steroid dienone is 1. The molecule has 1 aromatic rings. The number of aldehydes is 1. The molecule has 3 heteroatoms. The zero-order chi connectivity index (χ0) is 9.84. The van der Waals surface area contributed by atoms with Gasteiger partial charge in [-0.05, 0) is 36.8 Å². The summed E-state index contributed by atoms with van der Waals surface area (Å²) in [6.45, 7) is 1.60. The number of benzene rings is 1. The van der Waals surface area contributed by atoms with E-state index in [1.54, 1.807) is 6.92 Å². The average Bonchev–Trinajstić information content (AvgIpc) is 2.11. The summed E-state index contributed by atoms with van der Waals surface area (Å²) in [7, 11) is 0. The first kappa shape index (κ1) is 9.93. The summed E-state index contributed by atoms with van der Waals surface area (Å²) in [6.07, 6.45) is 2.12. The number of carbonyl (C=O) groups excluding carboxylic acids is 1. The molecule has 0 unspecified atom stereocenters. The summed E-state index contributed by atoms with van der Waals surface area (Å²) in [5.41, 5.74) is 0.790. The molecule has 0 aliphatic rings. The van der Waals surface area contributed by atoms with Crippen LogP contribution in [0.3, 0.4) is 0 Å². The minimum Gasteiger partial charge on any atom is -0.298 e. The van der Waals surface area contributed by atoms with Crippen LogP contribution in [0, 0.1) is 5.82 Å². The second-order valence-electron chi connectivity index (χ2n) is 2.67. The van der Waals surface area contributed by atoms with Crippen molar-refractivity contribution in [2.75, 3.05) is 0 Å². The quantitative estimate of drug-likeness (QED) is 0.527. The van der Waals surface area contributed by atoms with Gasteiger partial charge in [-0.2, -0.15) is 0 Å². The van der Waals surface area contributed by atoms with Crippen LogP contribution in [0.4, 0.5) is 4.39 Å². The Labute approximate surface area is 80.8 Å². The van der Waals surface area contributed by atoms with E-state index in [0.29, 0.717) is 22.4 Å². The number of halogens is 2. The van der Waals surface area contributed by atoms with E-state index in [1.807, 2.05) is 0 Å². The predicted octanol–water partition coefficient (Wildman–Crippen LogP) is 3.08. The number of rotatable bonds is 2. The van der Waals surface area contributed by atoms with Crippen molar-refractivity contribution in [1.82, 2.24) is 0 Å². The third-order valence-electron chi connectivity index (χ3n) is 1.53. The van der Waals surface area contributed by atoms with Crippen LogP contribution < -0.4 is 0 Å². The van der Waals surface area contributed by atoms with Crippen molar-refractivity contribution in [2.24, 2.45) is 0 Å². The van der Waals surface area contributed by atoms with E-state index in [9.17, 15) is 9.18 Å². The summed E-state index contributed by atoms with van der Waals surface area (Å²) in [4.78, 5) is 10.3. The number of carbonyl (C=O) groups is 1. The van der Waals surface area contributed by atoms with Crippen LogP contribution in [0.2, 0.25) is 5.02 Å². The van der Waals surface area contributed by atoms with E-state index in [0.717, 1.165) is 0 Å². The Balaban J connectivity index is 3.13. The maximum absolute atomic E-state index is 13.0. The van der Waals surface area contributed by atoms with E-state index < -0.39 is 0 Å². The molecule has 0 saturated carbocycles. The molecule has 68 valence electrons. The van der Waals surface area contributed by atoms with Gasteiger partial charge >= 0.3 is 0 Å². The van der Waals surface area contributed by atoms with Crippen LogP contribution >= 0.6 is 11.6 Å². The molecule has 0 saturated heterocycles. The van der Waals surface area contributed by atoms with Gasteiger partial charge in [0.15, 0.2) is 0 Å². The second kappa shape index (κ2) is 4.19. The van der Waals surface area contributed by atoms with Gasteiger partial charge in [-0.3, -0.25) is 4.79 Å². The number of hydrogen-bond acceptors (Lipinski definition) is 1. The summed E-state index contributed by atoms with van der Waals surface area (Å²) >= 11 is 5.66. The van der Waals surface area contributed by atoms with Gasteiger partial charge in [0.25, 0.3) is 0 Å². The molecule has 0 fully saturated rings. The molecule has 0 aliphatic carbocycles. The lowest BCUT2D eigenvalue weighted by Gasteiger charge is -1.97. The fourth-order valence-electron chi connectivity index (χ4n) is 0.905. The lowest BCUT2D eigenvalue weighted by atomic mass is 10.1. The Morgan fingerprint density at radius 1 is 1.54 bits per heavy atom. The highest BCUT2D eigenvalue weighted by atomic mass is 35.5. The van der Waals surface area contributed by atoms with Gasteiger partial charge in [-0.25, -0.2) is 4.39 Å². The second-order valence-corrected chi connectivity index (χ2v) is 3.11. The van der Waals surface area contributed by atoms with Gasteiger partial charge in [0, 0.05) is 10.6 Å². The van der Waals surface area contributed by atoms with Crippen molar-refractivity contribution < 1.29 is 9.18 Å². The highest BCUT2D eigenvalue weighted by Crippen LogP contribution is 2.16. The Kier molecular flexibility index (Phi) is 3.20. The third kappa shape index (κ3) is 2.67. The molecule has 0 spiro atoms. The topological polar surface area (TPSA) is 17.1 Å². The van der Waals surface area contributed by atoms with Gasteiger partial charge in [0.05, 0.1) is 0 Å². The predicted molar refractivity (Wildman–Crippen MR) is 51.1 cm³/mol. The lowest BCUT2D eigenvalue weighted by molar-refractivity contribution is -0.104. The van der Waals surface area contributed by atoms with E-state index >= 15 is 0 Å². The molecule has 0 amide bonds. The van der Waals surface area contributed by atoms with Crippen LogP contribution in [-0.4, -0.2) is 6.29 Å². The monoisotopic (exact) mass is 198 g/mol. The van der Waals surface area contributed by atoms with Gasteiger partial charge in [0.2, 0.25) is 0 Å². The Hall–Kier alpha value is -1.15. The van der Waals surface area contributed by atoms with Crippen molar-refractivity contribution in [3.8, 4) is 0 Å². The van der Waals surface area contributed by atoms with Gasteiger partial charge in [-0.15, -0.1) is 0 Å². The zero-order valence-corrected chi connectivity index (χ0v) is 7.81. The summed E-state index contributed by atoms with van der Waals surface area (Å²) in [5, 5.41) is 0.450. The largest absolute Gasteiger partial charge is 0.298 e. The lowest BCUT2D eigenvalue weighted by Crippen LogP contribution is -1.83. The average molecular weight is 199 g/mol. The molecular weight excluding hydrogens is 191 g/mol. The third-order valence-corrected chi connectivity index (χ3v) is 1.76. The van der Waals surface area contributed by atoms with E-state index in [4.69, 9.17) is 11.6 Å². The van der Waals surface area contributed by atoms with Gasteiger partial charge in [0.1, 0.15) is 12.1 Å². The first-order chi connectivity index (χ1) is 6.13. The standard InChI is InChI=1S/C10H8ClFO/c1-7(6-13)4-8-5-9(11)2-3-10(8)12/h2-6H,1H3/b7-4-. The molecule has 1 nitrogen and oxygen atoms in total. The van der Waals surface area contributed by atoms with Crippen LogP contribution in [0.25, 0.3) is 6.08 Å². The first-order valence-corrected chi connectivity index (χ1v) is 4.10. The zero-order valence-electron chi connectivity index (χ0n) is 7.05. The number of hydrogen-bond donors (Lipinski definition) is 0. The van der Waals surface area contributed by atoms with Crippen LogP contribution in [0.1, 0.15) is 12.5 Å². The minimum atomic E-state index is -0.384. The molecule has 0 radical (unpaired) electrons. The molecule has 0 bridgehead atoms. The Morgan fingerprint density at radius 3 is 2.85 bits per heavy atom. The van der Waals surface area contributed by atoms with Crippen molar-refractivity contribution in [1.29, 1.82) is 0 Å². The van der Waals surface area contributed by atoms with Gasteiger partial charge < -0.3 is 0 Å². The SMILES string of the molecule is C/C(C=O)=C/c1cc(Cl)ccc1F. The summed E-state index contributed by atoms with van der Waals surface area (Å²) in [5.74, 6) is -0.384. The molecule has 0 aliphatic heterocycles. The molecule has 0 atom stereocenters. The first-order valence-electron chi connectivity index (χ1n) is 3.72. The summed E-state index contributed by atoms with van der Waals surface area (Å²) < 4.78 is 13.0. The normalized spacial score (nSPS) is 11.5. The van der Waals surface area contributed by atoms with Crippen molar-refractivity contribution in [2.45, 2.75) is 6.92 Å². The van der Waals surface area contributed by atoms with Crippen molar-refractivity contribution in [3.05, 3.63) is 40.2 Å². The molecule has 1 aromatic carbocycles. The molecule has 13 heavy (non-hydrogen) atoms. The van der Waals surface area contributed by atoms with Crippen molar-refractivity contribution >= 4 is 24.0 Å². The highest BCUT2D eigenvalue weighted by Gasteiger charge is 1.99. The summed E-state index contributed by atoms with van der Waals surface area (Å²) in [6, 6.07) is 4.21. The fourth-order valence-corrected chi connectivity index (χ4v) is 1.09. The smallest absolute Gasteiger partial charge is 0.145 e. The maximum atomic E-state index is 13.0. The van der Waals surface area contributed by atoms with E-state index in [2.05, 4.69) is 0 Å². The fraction of sp³-hybridized carbons (Fsp3) is 0.100. The minimum absolute atomic E-state index is 0.331. The molecule has 0 N–H and O–H groups in total. The van der Waals surface area contributed by atoms with Gasteiger partial charge in [-0.1, -0.05) is 11.6 Å². The van der Waals surface area contributed by atoms with E-state index in [1.165, 1.54) is 24.3 Å². The molecular formula is C10H8ClFO. The van der Waals surface area contributed by atoms with Crippen LogP contribution in [0.5, 0.6) is 0 Å². The Bertz CT molecular complexity index is 358. The van der Waals surface area contributed by atoms with E-state index in [-0.39, 0.29) is 5.82 Å². The van der Waals surface area contributed by atoms with Crippen LogP contribution in [0.15, 0.2) is 23.8 Å². The van der Waals surface area contributed by atoms with Crippen molar-refractivity contribution in [3.63, 3.8) is 0 Å². The Morgan fingerprint density at radius 2 is 2.23 bits per heavy atom. The van der Waals surface area contributed by atoms with Crippen LogP contribution in [-0.2, 0) is 4.79 Å². The molecule has 0 aromatic heterocycles. The maximum Gasteiger partial charge on any atom is 0.145 e. The molecule has 1 rings (SSSR count). The highest BCUT2D eigenvalue weighted by molar-refractivity contribution is 6.30.